The van der Waals surface area contributed by atoms with Gasteiger partial charge >= 0.3 is 6.03 Å². The maximum Gasteiger partial charge on any atom is 0.315 e. The van der Waals surface area contributed by atoms with Gasteiger partial charge in [0, 0.05) is 31.4 Å². The number of aromatic nitrogens is 1. The SMILES string of the molecule is Cc1nccc(N2CCC(NC(=O)NC3CCCCC3)CC2)c1Cl. The predicted molar refractivity (Wildman–Crippen MR) is 97.8 cm³/mol. The molecule has 24 heavy (non-hydrogen) atoms. The zero-order valence-electron chi connectivity index (χ0n) is 14.4. The minimum Gasteiger partial charge on any atom is -0.370 e. The molecule has 0 spiro atoms. The fraction of sp³-hybridized carbons (Fsp3) is 0.667. The minimum atomic E-state index is -0.00172. The molecule has 1 saturated heterocycles. The Labute approximate surface area is 149 Å². The lowest BCUT2D eigenvalue weighted by Gasteiger charge is -2.35. The highest BCUT2D eigenvalue weighted by molar-refractivity contribution is 6.33. The summed E-state index contributed by atoms with van der Waals surface area (Å²) >= 11 is 6.37. The number of aryl methyl sites for hydroxylation is 1. The van der Waals surface area contributed by atoms with Gasteiger partial charge in [0.1, 0.15) is 0 Å². The van der Waals surface area contributed by atoms with Crippen LogP contribution in [0.4, 0.5) is 10.5 Å². The quantitative estimate of drug-likeness (QED) is 0.874. The normalized spacial score (nSPS) is 20.0. The highest BCUT2D eigenvalue weighted by atomic mass is 35.5. The Kier molecular flexibility index (Phi) is 5.82. The summed E-state index contributed by atoms with van der Waals surface area (Å²) in [5.41, 5.74) is 1.91. The molecule has 0 bridgehead atoms. The van der Waals surface area contributed by atoms with Crippen LogP contribution in [0.2, 0.25) is 5.02 Å². The molecule has 2 heterocycles. The third-order valence-electron chi connectivity index (χ3n) is 5.15. The van der Waals surface area contributed by atoms with Gasteiger partial charge in [-0.25, -0.2) is 4.79 Å². The van der Waals surface area contributed by atoms with Crippen molar-refractivity contribution >= 4 is 23.3 Å². The average Bonchev–Trinajstić information content (AvgIpc) is 2.59. The van der Waals surface area contributed by atoms with Gasteiger partial charge in [-0.1, -0.05) is 30.9 Å². The molecule has 0 unspecified atom stereocenters. The molecule has 3 rings (SSSR count). The van der Waals surface area contributed by atoms with Crippen LogP contribution >= 0.6 is 11.6 Å². The fourth-order valence-electron chi connectivity index (χ4n) is 3.70. The molecular formula is C18H27ClN4O. The first kappa shape index (κ1) is 17.3. The summed E-state index contributed by atoms with van der Waals surface area (Å²) in [5, 5.41) is 7.01. The zero-order valence-corrected chi connectivity index (χ0v) is 15.1. The van der Waals surface area contributed by atoms with Crippen LogP contribution in [0.15, 0.2) is 12.3 Å². The lowest BCUT2D eigenvalue weighted by molar-refractivity contribution is 0.226. The van der Waals surface area contributed by atoms with Gasteiger partial charge in [-0.15, -0.1) is 0 Å². The average molecular weight is 351 g/mol. The summed E-state index contributed by atoms with van der Waals surface area (Å²) in [4.78, 5) is 18.7. The number of halogens is 1. The zero-order chi connectivity index (χ0) is 16.9. The summed E-state index contributed by atoms with van der Waals surface area (Å²) in [6.07, 6.45) is 9.68. The summed E-state index contributed by atoms with van der Waals surface area (Å²) in [6, 6.07) is 2.57. The van der Waals surface area contributed by atoms with Crippen LogP contribution in [-0.2, 0) is 0 Å². The van der Waals surface area contributed by atoms with E-state index in [2.05, 4.69) is 20.5 Å². The van der Waals surface area contributed by atoms with Gasteiger partial charge in [-0.05, 0) is 38.7 Å². The molecule has 6 heteroatoms. The van der Waals surface area contributed by atoms with Gasteiger partial charge in [-0.2, -0.15) is 0 Å². The second-order valence-electron chi connectivity index (χ2n) is 6.94. The number of hydrogen-bond donors (Lipinski definition) is 2. The molecule has 1 aromatic rings. The predicted octanol–water partition coefficient (Wildman–Crippen LogP) is 3.64. The van der Waals surface area contributed by atoms with E-state index in [1.165, 1.54) is 19.3 Å². The third kappa shape index (κ3) is 4.32. The van der Waals surface area contributed by atoms with Crippen molar-refractivity contribution in [2.75, 3.05) is 18.0 Å². The van der Waals surface area contributed by atoms with E-state index in [1.54, 1.807) is 6.20 Å². The molecule has 1 saturated carbocycles. The van der Waals surface area contributed by atoms with Crippen molar-refractivity contribution < 1.29 is 4.79 Å². The van der Waals surface area contributed by atoms with Crippen LogP contribution in [0.5, 0.6) is 0 Å². The second kappa shape index (κ2) is 8.06. The number of nitrogens with one attached hydrogen (secondary N) is 2. The topological polar surface area (TPSA) is 57.3 Å². The Morgan fingerprint density at radius 2 is 1.75 bits per heavy atom. The van der Waals surface area contributed by atoms with E-state index in [1.807, 2.05) is 13.0 Å². The molecule has 1 aliphatic heterocycles. The van der Waals surface area contributed by atoms with Gasteiger partial charge in [-0.3, -0.25) is 4.98 Å². The van der Waals surface area contributed by atoms with Crippen LogP contribution in [0.25, 0.3) is 0 Å². The first-order valence-corrected chi connectivity index (χ1v) is 9.44. The lowest BCUT2D eigenvalue weighted by atomic mass is 9.96. The summed E-state index contributed by atoms with van der Waals surface area (Å²) in [7, 11) is 0. The number of rotatable bonds is 3. The molecule has 2 N–H and O–H groups in total. The Bertz CT molecular complexity index is 566. The minimum absolute atomic E-state index is 0.00172. The molecular weight excluding hydrogens is 324 g/mol. The maximum absolute atomic E-state index is 12.2. The van der Waals surface area contributed by atoms with E-state index < -0.39 is 0 Å². The van der Waals surface area contributed by atoms with Crippen molar-refractivity contribution in [3.63, 3.8) is 0 Å². The second-order valence-corrected chi connectivity index (χ2v) is 7.32. The van der Waals surface area contributed by atoms with Crippen molar-refractivity contribution in [2.24, 2.45) is 0 Å². The number of nitrogens with zero attached hydrogens (tertiary/aromatic N) is 2. The number of anilines is 1. The molecule has 132 valence electrons. The number of carbonyl (C=O) groups excluding carboxylic acids is 1. The number of urea groups is 1. The van der Waals surface area contributed by atoms with E-state index in [0.29, 0.717) is 6.04 Å². The lowest BCUT2D eigenvalue weighted by Crippen LogP contribution is -2.50. The van der Waals surface area contributed by atoms with E-state index >= 15 is 0 Å². The number of amides is 2. The van der Waals surface area contributed by atoms with Crippen LogP contribution in [0.3, 0.4) is 0 Å². The molecule has 0 aromatic carbocycles. The van der Waals surface area contributed by atoms with E-state index in [4.69, 9.17) is 11.6 Å². The van der Waals surface area contributed by atoms with Gasteiger partial charge in [0.25, 0.3) is 0 Å². The first-order valence-electron chi connectivity index (χ1n) is 9.06. The highest BCUT2D eigenvalue weighted by Crippen LogP contribution is 2.29. The fourth-order valence-corrected chi connectivity index (χ4v) is 3.93. The maximum atomic E-state index is 12.2. The van der Waals surface area contributed by atoms with Crippen molar-refractivity contribution in [3.8, 4) is 0 Å². The molecule has 0 radical (unpaired) electrons. The molecule has 1 aliphatic carbocycles. The van der Waals surface area contributed by atoms with Gasteiger partial charge in [0.2, 0.25) is 0 Å². The number of pyridine rings is 1. The first-order chi connectivity index (χ1) is 11.6. The molecule has 5 nitrogen and oxygen atoms in total. The van der Waals surface area contributed by atoms with E-state index in [9.17, 15) is 4.79 Å². The van der Waals surface area contributed by atoms with Crippen LogP contribution in [-0.4, -0.2) is 36.2 Å². The van der Waals surface area contributed by atoms with Crippen molar-refractivity contribution in [3.05, 3.63) is 23.0 Å². The summed E-state index contributed by atoms with van der Waals surface area (Å²) < 4.78 is 0. The van der Waals surface area contributed by atoms with E-state index in [-0.39, 0.29) is 12.1 Å². The number of carbonyl (C=O) groups is 1. The van der Waals surface area contributed by atoms with Gasteiger partial charge in [0.05, 0.1) is 16.4 Å². The van der Waals surface area contributed by atoms with Gasteiger partial charge < -0.3 is 15.5 Å². The summed E-state index contributed by atoms with van der Waals surface area (Å²) in [6.45, 7) is 3.73. The Hall–Kier alpha value is -1.49. The van der Waals surface area contributed by atoms with Gasteiger partial charge in [0.15, 0.2) is 0 Å². The standard InChI is InChI=1S/C18H27ClN4O/c1-13-17(19)16(7-10-20-13)23-11-8-15(9-12-23)22-18(24)21-14-5-3-2-4-6-14/h7,10,14-15H,2-6,8-9,11-12H2,1H3,(H2,21,22,24). The molecule has 2 aliphatic rings. The molecule has 2 amide bonds. The Balaban J connectivity index is 1.46. The van der Waals surface area contributed by atoms with Crippen LogP contribution in [0.1, 0.15) is 50.6 Å². The highest BCUT2D eigenvalue weighted by Gasteiger charge is 2.23. The molecule has 1 aromatic heterocycles. The van der Waals surface area contributed by atoms with Crippen molar-refractivity contribution in [1.29, 1.82) is 0 Å². The van der Waals surface area contributed by atoms with E-state index in [0.717, 1.165) is 55.2 Å². The Morgan fingerprint density at radius 3 is 2.42 bits per heavy atom. The largest absolute Gasteiger partial charge is 0.370 e. The van der Waals surface area contributed by atoms with Crippen molar-refractivity contribution in [1.82, 2.24) is 15.6 Å². The number of hydrogen-bond acceptors (Lipinski definition) is 3. The van der Waals surface area contributed by atoms with Crippen molar-refractivity contribution in [2.45, 2.75) is 64.0 Å². The van der Waals surface area contributed by atoms with Crippen LogP contribution in [0, 0.1) is 6.92 Å². The molecule has 0 atom stereocenters. The smallest absolute Gasteiger partial charge is 0.315 e. The monoisotopic (exact) mass is 350 g/mol. The molecule has 2 fully saturated rings. The van der Waals surface area contributed by atoms with Crippen LogP contribution < -0.4 is 15.5 Å². The Morgan fingerprint density at radius 1 is 1.12 bits per heavy atom. The summed E-state index contributed by atoms with van der Waals surface area (Å²) in [5.74, 6) is 0. The number of piperidine rings is 1. The third-order valence-corrected chi connectivity index (χ3v) is 5.62.